The summed E-state index contributed by atoms with van der Waals surface area (Å²) >= 11 is 0. The van der Waals surface area contributed by atoms with E-state index in [9.17, 15) is 9.90 Å². The highest BCUT2D eigenvalue weighted by molar-refractivity contribution is 5.86. The van der Waals surface area contributed by atoms with Gasteiger partial charge in [-0.25, -0.2) is 9.78 Å². The second-order valence-electron chi connectivity index (χ2n) is 8.34. The van der Waals surface area contributed by atoms with Crippen LogP contribution in [0.3, 0.4) is 0 Å². The van der Waals surface area contributed by atoms with Crippen molar-refractivity contribution in [3.05, 3.63) is 125 Å². The van der Waals surface area contributed by atoms with Gasteiger partial charge in [-0.1, -0.05) is 72.8 Å². The van der Waals surface area contributed by atoms with Crippen LogP contribution in [-0.2, 0) is 12.8 Å². The Hall–Kier alpha value is -4.78. The number of carbonyl (C=O) groups is 1. The van der Waals surface area contributed by atoms with E-state index >= 15 is 0 Å². The fourth-order valence-corrected chi connectivity index (χ4v) is 3.93. The number of nitrogens with zero attached hydrogens (tertiary/aromatic N) is 4. The van der Waals surface area contributed by atoms with Crippen molar-refractivity contribution in [3.63, 3.8) is 0 Å². The lowest BCUT2D eigenvalue weighted by atomic mass is 10.0. The minimum atomic E-state index is -1.10. The second kappa shape index (κ2) is 10.2. The van der Waals surface area contributed by atoms with E-state index in [0.717, 1.165) is 28.1 Å². The molecule has 0 aliphatic rings. The molecule has 5 rings (SSSR count). The molecule has 0 bridgehead atoms. The monoisotopic (exact) mass is 476 g/mol. The maximum absolute atomic E-state index is 11.8. The van der Waals surface area contributed by atoms with Gasteiger partial charge < -0.3 is 9.52 Å². The first-order valence-electron chi connectivity index (χ1n) is 11.6. The van der Waals surface area contributed by atoms with E-state index in [1.807, 2.05) is 104 Å². The lowest BCUT2D eigenvalue weighted by Crippen LogP contribution is -2.03. The van der Waals surface area contributed by atoms with Gasteiger partial charge in [-0.3, -0.25) is 0 Å². The van der Waals surface area contributed by atoms with E-state index in [1.54, 1.807) is 0 Å². The molecule has 0 saturated carbocycles. The summed E-state index contributed by atoms with van der Waals surface area (Å²) in [6.07, 6.45) is 5.08. The van der Waals surface area contributed by atoms with Crippen LogP contribution in [0.2, 0.25) is 0 Å². The predicted octanol–water partition coefficient (Wildman–Crippen LogP) is 5.78. The van der Waals surface area contributed by atoms with Crippen LogP contribution in [0.15, 0.2) is 95.4 Å². The average Bonchev–Trinajstić information content (AvgIpc) is 3.49. The summed E-state index contributed by atoms with van der Waals surface area (Å²) in [5.74, 6) is 0.326. The maximum Gasteiger partial charge on any atom is 0.358 e. The number of hydrogen-bond donors (Lipinski definition) is 1. The van der Waals surface area contributed by atoms with Crippen molar-refractivity contribution in [1.29, 1.82) is 0 Å². The summed E-state index contributed by atoms with van der Waals surface area (Å²) in [5, 5.41) is 18.3. The first-order chi connectivity index (χ1) is 17.6. The van der Waals surface area contributed by atoms with Crippen LogP contribution in [0.5, 0.6) is 0 Å². The molecule has 7 heteroatoms. The molecule has 0 amide bonds. The minimum absolute atomic E-state index is 0.0458. The Labute approximate surface area is 208 Å². The Morgan fingerprint density at radius 1 is 0.944 bits per heavy atom. The molecule has 3 aromatic carbocycles. The first-order valence-corrected chi connectivity index (χ1v) is 11.6. The molecular weight excluding hydrogens is 452 g/mol. The van der Waals surface area contributed by atoms with Crippen molar-refractivity contribution in [2.75, 3.05) is 0 Å². The van der Waals surface area contributed by atoms with Gasteiger partial charge in [-0.05, 0) is 42.3 Å². The summed E-state index contributed by atoms with van der Waals surface area (Å²) in [6.45, 7) is 1.92. The minimum Gasteiger partial charge on any atom is -0.476 e. The highest BCUT2D eigenvalue weighted by atomic mass is 16.4. The van der Waals surface area contributed by atoms with Gasteiger partial charge in [0.25, 0.3) is 0 Å². The summed E-state index contributed by atoms with van der Waals surface area (Å²) < 4.78 is 5.85. The zero-order valence-electron chi connectivity index (χ0n) is 19.7. The number of hydrogen-bond acceptors (Lipinski definition) is 5. The molecule has 0 saturated heterocycles. The summed E-state index contributed by atoms with van der Waals surface area (Å²) in [6, 6.07) is 27.0. The van der Waals surface area contributed by atoms with Gasteiger partial charge in [0.05, 0.1) is 11.4 Å². The number of rotatable bonds is 8. The number of benzene rings is 3. The zero-order valence-corrected chi connectivity index (χ0v) is 19.7. The van der Waals surface area contributed by atoms with Crippen molar-refractivity contribution < 1.29 is 14.3 Å². The highest BCUT2D eigenvalue weighted by Gasteiger charge is 2.19. The van der Waals surface area contributed by atoms with Crippen molar-refractivity contribution in [1.82, 2.24) is 20.0 Å². The lowest BCUT2D eigenvalue weighted by Gasteiger charge is -2.01. The molecule has 7 nitrogen and oxygen atoms in total. The van der Waals surface area contributed by atoms with Gasteiger partial charge in [-0.15, -0.1) is 5.10 Å². The SMILES string of the molecule is Cc1oc(-c2ccccc2)nc1CC=Cc1cccc(Cc2nn(-c3ccccc3)nc2C(=O)O)c1. The third-order valence-corrected chi connectivity index (χ3v) is 5.73. The Kier molecular flexibility index (Phi) is 6.53. The molecule has 178 valence electrons. The number of oxazole rings is 1. The Morgan fingerprint density at radius 2 is 1.69 bits per heavy atom. The number of carboxylic acid groups (broad SMARTS) is 1. The molecule has 0 atom stereocenters. The summed E-state index contributed by atoms with van der Waals surface area (Å²) in [7, 11) is 0. The third kappa shape index (κ3) is 5.15. The average molecular weight is 477 g/mol. The van der Waals surface area contributed by atoms with Crippen molar-refractivity contribution in [3.8, 4) is 17.1 Å². The second-order valence-corrected chi connectivity index (χ2v) is 8.34. The number of para-hydroxylation sites is 1. The fraction of sp³-hybridized carbons (Fsp3) is 0.103. The van der Waals surface area contributed by atoms with Gasteiger partial charge in [-0.2, -0.15) is 9.90 Å². The molecule has 0 radical (unpaired) electrons. The molecule has 0 spiro atoms. The van der Waals surface area contributed by atoms with Crippen LogP contribution in [0.25, 0.3) is 23.2 Å². The zero-order chi connectivity index (χ0) is 24.9. The third-order valence-electron chi connectivity index (χ3n) is 5.73. The van der Waals surface area contributed by atoms with Crippen LogP contribution in [0.4, 0.5) is 0 Å². The molecule has 1 N–H and O–H groups in total. The number of allylic oxidation sites excluding steroid dienone is 1. The molecule has 0 aliphatic heterocycles. The molecule has 0 aliphatic carbocycles. The maximum atomic E-state index is 11.8. The van der Waals surface area contributed by atoms with E-state index in [4.69, 9.17) is 4.42 Å². The standard InChI is InChI=1S/C29H24N4O3/c1-20-25(30-28(36-20)23-13-4-2-5-14-23)17-9-11-21-10-8-12-22(18-21)19-26-27(29(34)35)32-33(31-26)24-15-6-3-7-16-24/h2-16,18H,17,19H2,1H3,(H,34,35). The van der Waals surface area contributed by atoms with Gasteiger partial charge in [0.1, 0.15) is 11.5 Å². The van der Waals surface area contributed by atoms with Gasteiger partial charge >= 0.3 is 5.97 Å². The molecular formula is C29H24N4O3. The summed E-state index contributed by atoms with van der Waals surface area (Å²) in [4.78, 5) is 17.8. The smallest absolute Gasteiger partial charge is 0.358 e. The van der Waals surface area contributed by atoms with E-state index in [0.29, 0.717) is 30.1 Å². The molecule has 0 unspecified atom stereocenters. The van der Waals surface area contributed by atoms with Crippen LogP contribution in [0.1, 0.15) is 38.8 Å². The van der Waals surface area contributed by atoms with Gasteiger partial charge in [0, 0.05) is 18.4 Å². The normalized spacial score (nSPS) is 11.2. The molecule has 0 fully saturated rings. The van der Waals surface area contributed by atoms with E-state index in [-0.39, 0.29) is 5.69 Å². The fourth-order valence-electron chi connectivity index (χ4n) is 3.93. The number of aromatic carboxylic acids is 1. The van der Waals surface area contributed by atoms with Gasteiger partial charge in [0.15, 0.2) is 5.69 Å². The van der Waals surface area contributed by atoms with E-state index in [1.165, 1.54) is 4.80 Å². The highest BCUT2D eigenvalue weighted by Crippen LogP contribution is 2.22. The van der Waals surface area contributed by atoms with Crippen LogP contribution >= 0.6 is 0 Å². The predicted molar refractivity (Wildman–Crippen MR) is 137 cm³/mol. The van der Waals surface area contributed by atoms with Crippen LogP contribution < -0.4 is 0 Å². The Bertz CT molecular complexity index is 1520. The lowest BCUT2D eigenvalue weighted by molar-refractivity contribution is 0.0689. The Morgan fingerprint density at radius 3 is 2.44 bits per heavy atom. The molecule has 2 heterocycles. The van der Waals surface area contributed by atoms with Gasteiger partial charge in [0.2, 0.25) is 5.89 Å². The van der Waals surface area contributed by atoms with Crippen LogP contribution in [0, 0.1) is 6.92 Å². The molecule has 36 heavy (non-hydrogen) atoms. The number of aromatic nitrogens is 4. The van der Waals surface area contributed by atoms with Crippen molar-refractivity contribution in [2.45, 2.75) is 19.8 Å². The Balaban J connectivity index is 1.31. The topological polar surface area (TPSA) is 94.0 Å². The quantitative estimate of drug-likeness (QED) is 0.305. The first kappa shape index (κ1) is 23.0. The van der Waals surface area contributed by atoms with E-state index in [2.05, 4.69) is 15.2 Å². The number of aryl methyl sites for hydroxylation is 1. The summed E-state index contributed by atoms with van der Waals surface area (Å²) in [5.41, 5.74) is 4.88. The van der Waals surface area contributed by atoms with Crippen molar-refractivity contribution >= 4 is 12.0 Å². The van der Waals surface area contributed by atoms with Crippen molar-refractivity contribution in [2.24, 2.45) is 0 Å². The van der Waals surface area contributed by atoms with Crippen LogP contribution in [-0.4, -0.2) is 31.1 Å². The molecule has 5 aromatic rings. The molecule has 2 aromatic heterocycles. The number of carboxylic acids is 1. The largest absolute Gasteiger partial charge is 0.476 e. The van der Waals surface area contributed by atoms with E-state index < -0.39 is 5.97 Å².